The Labute approximate surface area is 172 Å². The molecule has 1 aliphatic carbocycles. The van der Waals surface area contributed by atoms with Crippen LogP contribution in [-0.4, -0.2) is 41.7 Å². The van der Waals surface area contributed by atoms with Crippen LogP contribution < -0.4 is 15.4 Å². The van der Waals surface area contributed by atoms with E-state index in [9.17, 15) is 4.79 Å². The summed E-state index contributed by atoms with van der Waals surface area (Å²) in [5.41, 5.74) is 3.37. The summed E-state index contributed by atoms with van der Waals surface area (Å²) in [6, 6.07) is 11.0. The van der Waals surface area contributed by atoms with E-state index in [2.05, 4.69) is 45.7 Å². The summed E-state index contributed by atoms with van der Waals surface area (Å²) in [6.45, 7) is 1.52. The molecule has 0 atom stereocenters. The number of fused-ring (bicyclic) bond motifs is 4. The van der Waals surface area contributed by atoms with E-state index in [4.69, 9.17) is 4.74 Å². The third-order valence-electron chi connectivity index (χ3n) is 6.91. The van der Waals surface area contributed by atoms with E-state index in [0.717, 1.165) is 55.9 Å². The molecule has 0 bridgehead atoms. The number of piperidine rings is 1. The molecule has 1 spiro atoms. The molecule has 1 aromatic carbocycles. The van der Waals surface area contributed by atoms with Crippen LogP contribution >= 0.6 is 0 Å². The molecule has 3 heterocycles. The number of urea groups is 1. The number of carbonyl (C=O) groups is 1. The molecule has 3 aliphatic rings. The summed E-state index contributed by atoms with van der Waals surface area (Å²) in [5.74, 6) is 0.853. The number of ether oxygens (including phenoxy) is 1. The number of rotatable bonds is 2. The lowest BCUT2D eigenvalue weighted by Crippen LogP contribution is -2.54. The predicted molar refractivity (Wildman–Crippen MR) is 114 cm³/mol. The SMILES string of the molecule is COc1ccc2c(c1)NC1(CCN(C(=O)NC3CCCCC3)CC1)c1cccn1-2. The lowest BCUT2D eigenvalue weighted by atomic mass is 9.82. The van der Waals surface area contributed by atoms with E-state index >= 15 is 0 Å². The van der Waals surface area contributed by atoms with Crippen molar-refractivity contribution in [1.29, 1.82) is 0 Å². The molecule has 2 N–H and O–H groups in total. The highest BCUT2D eigenvalue weighted by atomic mass is 16.5. The maximum Gasteiger partial charge on any atom is 0.317 e. The van der Waals surface area contributed by atoms with Crippen molar-refractivity contribution in [3.63, 3.8) is 0 Å². The van der Waals surface area contributed by atoms with Crippen molar-refractivity contribution in [2.24, 2.45) is 0 Å². The topological polar surface area (TPSA) is 58.5 Å². The molecule has 6 nitrogen and oxygen atoms in total. The fourth-order valence-corrected chi connectivity index (χ4v) is 5.24. The molecule has 2 aliphatic heterocycles. The molecule has 0 radical (unpaired) electrons. The predicted octanol–water partition coefficient (Wildman–Crippen LogP) is 4.24. The van der Waals surface area contributed by atoms with Gasteiger partial charge in [-0.1, -0.05) is 19.3 Å². The monoisotopic (exact) mass is 394 g/mol. The minimum Gasteiger partial charge on any atom is -0.497 e. The van der Waals surface area contributed by atoms with Gasteiger partial charge in [-0.15, -0.1) is 0 Å². The molecule has 2 aromatic rings. The number of hydrogen-bond acceptors (Lipinski definition) is 3. The minimum absolute atomic E-state index is 0.111. The second kappa shape index (κ2) is 7.32. The highest BCUT2D eigenvalue weighted by Gasteiger charge is 2.42. The number of carbonyl (C=O) groups excluding carboxylic acids is 1. The molecular weight excluding hydrogens is 364 g/mol. The zero-order valence-corrected chi connectivity index (χ0v) is 17.1. The van der Waals surface area contributed by atoms with E-state index in [1.165, 1.54) is 25.0 Å². The van der Waals surface area contributed by atoms with Crippen LogP contribution in [0.5, 0.6) is 5.75 Å². The lowest BCUT2D eigenvalue weighted by Gasteiger charge is -2.46. The third kappa shape index (κ3) is 3.24. The molecule has 29 heavy (non-hydrogen) atoms. The normalized spacial score (nSPS) is 20.5. The first kappa shape index (κ1) is 18.4. The van der Waals surface area contributed by atoms with Gasteiger partial charge in [0, 0.05) is 37.1 Å². The largest absolute Gasteiger partial charge is 0.497 e. The van der Waals surface area contributed by atoms with E-state index < -0.39 is 0 Å². The van der Waals surface area contributed by atoms with Gasteiger partial charge in [-0.25, -0.2) is 4.79 Å². The van der Waals surface area contributed by atoms with Crippen LogP contribution in [0.4, 0.5) is 10.5 Å². The number of benzene rings is 1. The standard InChI is InChI=1S/C23H30N4O2/c1-29-18-9-10-20-19(16-18)25-23(21-8-5-13-27(20)21)11-14-26(15-12-23)22(28)24-17-6-3-2-4-7-17/h5,8-10,13,16-17,25H,2-4,6-7,11-12,14-15H2,1H3,(H,24,28). The molecule has 6 heteroatoms. The first-order valence-corrected chi connectivity index (χ1v) is 10.9. The Morgan fingerprint density at radius 1 is 1.17 bits per heavy atom. The molecule has 0 unspecified atom stereocenters. The number of anilines is 1. The average molecular weight is 395 g/mol. The van der Waals surface area contributed by atoms with Crippen LogP contribution in [0, 0.1) is 0 Å². The number of nitrogens with zero attached hydrogens (tertiary/aromatic N) is 2. The smallest absolute Gasteiger partial charge is 0.317 e. The summed E-state index contributed by atoms with van der Waals surface area (Å²) in [7, 11) is 1.70. The van der Waals surface area contributed by atoms with Crippen molar-refractivity contribution in [2.75, 3.05) is 25.5 Å². The van der Waals surface area contributed by atoms with Crippen LogP contribution in [-0.2, 0) is 5.54 Å². The first-order chi connectivity index (χ1) is 14.2. The fourth-order valence-electron chi connectivity index (χ4n) is 5.24. The second-order valence-electron chi connectivity index (χ2n) is 8.63. The van der Waals surface area contributed by atoms with Gasteiger partial charge in [0.2, 0.25) is 0 Å². The highest BCUT2D eigenvalue weighted by Crippen LogP contribution is 2.44. The Kier molecular flexibility index (Phi) is 4.64. The molecule has 2 fully saturated rings. The number of likely N-dealkylation sites (tertiary alicyclic amines) is 1. The summed E-state index contributed by atoms with van der Waals surface area (Å²) < 4.78 is 7.72. The van der Waals surface area contributed by atoms with E-state index in [1.807, 2.05) is 11.0 Å². The van der Waals surface area contributed by atoms with E-state index in [0.29, 0.717) is 6.04 Å². The van der Waals surface area contributed by atoms with E-state index in [-0.39, 0.29) is 11.6 Å². The molecule has 1 saturated heterocycles. The Balaban J connectivity index is 1.33. The molecular formula is C23H30N4O2. The Morgan fingerprint density at radius 2 is 1.97 bits per heavy atom. The van der Waals surface area contributed by atoms with Gasteiger partial charge in [0.05, 0.1) is 24.0 Å². The number of hydrogen-bond donors (Lipinski definition) is 2. The van der Waals surface area contributed by atoms with Crippen LogP contribution in [0.2, 0.25) is 0 Å². The van der Waals surface area contributed by atoms with Crippen molar-refractivity contribution < 1.29 is 9.53 Å². The van der Waals surface area contributed by atoms with Crippen molar-refractivity contribution in [3.8, 4) is 11.4 Å². The lowest BCUT2D eigenvalue weighted by molar-refractivity contribution is 0.157. The van der Waals surface area contributed by atoms with Gasteiger partial charge < -0.3 is 24.8 Å². The van der Waals surface area contributed by atoms with Crippen molar-refractivity contribution in [1.82, 2.24) is 14.8 Å². The summed E-state index contributed by atoms with van der Waals surface area (Å²) in [5, 5.41) is 7.08. The zero-order valence-electron chi connectivity index (χ0n) is 17.1. The maximum absolute atomic E-state index is 12.8. The number of aromatic nitrogens is 1. The van der Waals surface area contributed by atoms with Crippen molar-refractivity contribution in [3.05, 3.63) is 42.2 Å². The number of amides is 2. The molecule has 2 amide bonds. The van der Waals surface area contributed by atoms with Gasteiger partial charge in [-0.3, -0.25) is 0 Å². The van der Waals surface area contributed by atoms with Gasteiger partial charge in [-0.05, 0) is 49.9 Å². The van der Waals surface area contributed by atoms with Gasteiger partial charge >= 0.3 is 6.03 Å². The Hall–Kier alpha value is -2.63. The van der Waals surface area contributed by atoms with Crippen LogP contribution in [0.15, 0.2) is 36.5 Å². The summed E-state index contributed by atoms with van der Waals surface area (Å²) in [6.07, 6.45) is 9.93. The number of methoxy groups -OCH3 is 1. The van der Waals surface area contributed by atoms with Crippen molar-refractivity contribution >= 4 is 11.7 Å². The molecule has 5 rings (SSSR count). The molecule has 1 saturated carbocycles. The number of nitrogens with one attached hydrogen (secondary N) is 2. The fraction of sp³-hybridized carbons (Fsp3) is 0.522. The zero-order chi connectivity index (χ0) is 19.8. The van der Waals surface area contributed by atoms with Crippen LogP contribution in [0.3, 0.4) is 0 Å². The molecule has 1 aromatic heterocycles. The van der Waals surface area contributed by atoms with Gasteiger partial charge in [0.1, 0.15) is 5.75 Å². The summed E-state index contributed by atoms with van der Waals surface area (Å²) in [4.78, 5) is 14.8. The Morgan fingerprint density at radius 3 is 2.72 bits per heavy atom. The van der Waals surface area contributed by atoms with Crippen molar-refractivity contribution in [2.45, 2.75) is 56.5 Å². The average Bonchev–Trinajstić information content (AvgIpc) is 3.26. The van der Waals surface area contributed by atoms with E-state index in [1.54, 1.807) is 7.11 Å². The van der Waals surface area contributed by atoms with Crippen LogP contribution in [0.1, 0.15) is 50.6 Å². The van der Waals surface area contributed by atoms with Gasteiger partial charge in [-0.2, -0.15) is 0 Å². The first-order valence-electron chi connectivity index (χ1n) is 10.9. The van der Waals surface area contributed by atoms with Gasteiger partial charge in [0.15, 0.2) is 0 Å². The maximum atomic E-state index is 12.8. The molecule has 154 valence electrons. The highest BCUT2D eigenvalue weighted by molar-refractivity contribution is 5.75. The third-order valence-corrected chi connectivity index (χ3v) is 6.91. The summed E-state index contributed by atoms with van der Waals surface area (Å²) >= 11 is 0. The van der Waals surface area contributed by atoms with Gasteiger partial charge in [0.25, 0.3) is 0 Å². The quantitative estimate of drug-likeness (QED) is 0.801. The minimum atomic E-state index is -0.148. The second-order valence-corrected chi connectivity index (χ2v) is 8.63. The Bertz CT molecular complexity index is 892. The van der Waals surface area contributed by atoms with Crippen LogP contribution in [0.25, 0.3) is 5.69 Å².